The average Bonchev–Trinajstić information content (AvgIpc) is 2.67. The SMILES string of the molecule is C#CCCCC(O)C1(CC)CCCC1. The molecule has 0 saturated heterocycles. The van der Waals surface area contributed by atoms with Crippen molar-refractivity contribution in [3.05, 3.63) is 0 Å². The molecule has 1 heteroatoms. The van der Waals surface area contributed by atoms with Gasteiger partial charge in [0.15, 0.2) is 0 Å². The molecule has 80 valence electrons. The summed E-state index contributed by atoms with van der Waals surface area (Å²) in [5, 5.41) is 10.2. The first-order valence-electron chi connectivity index (χ1n) is 5.87. The minimum absolute atomic E-state index is 0.122. The Morgan fingerprint density at radius 2 is 2.07 bits per heavy atom. The molecule has 1 aliphatic carbocycles. The molecule has 1 fully saturated rings. The average molecular weight is 194 g/mol. The van der Waals surface area contributed by atoms with Crippen molar-refractivity contribution < 1.29 is 5.11 Å². The Hall–Kier alpha value is -0.480. The predicted molar refractivity (Wildman–Crippen MR) is 59.9 cm³/mol. The van der Waals surface area contributed by atoms with Crippen molar-refractivity contribution >= 4 is 0 Å². The molecule has 1 rings (SSSR count). The molecular formula is C13H22O. The van der Waals surface area contributed by atoms with E-state index in [4.69, 9.17) is 6.42 Å². The van der Waals surface area contributed by atoms with Gasteiger partial charge in [-0.15, -0.1) is 12.3 Å². The molecule has 1 saturated carbocycles. The summed E-state index contributed by atoms with van der Waals surface area (Å²) < 4.78 is 0. The van der Waals surface area contributed by atoms with E-state index >= 15 is 0 Å². The summed E-state index contributed by atoms with van der Waals surface area (Å²) in [4.78, 5) is 0. The molecule has 1 aliphatic rings. The molecule has 0 aliphatic heterocycles. The van der Waals surface area contributed by atoms with E-state index in [1.807, 2.05) is 0 Å². The molecule has 1 N–H and O–H groups in total. The Morgan fingerprint density at radius 3 is 2.57 bits per heavy atom. The maximum Gasteiger partial charge on any atom is 0.0596 e. The molecule has 0 spiro atoms. The van der Waals surface area contributed by atoms with Crippen LogP contribution in [0.15, 0.2) is 0 Å². The van der Waals surface area contributed by atoms with Gasteiger partial charge in [0.2, 0.25) is 0 Å². The minimum Gasteiger partial charge on any atom is -0.393 e. The van der Waals surface area contributed by atoms with Crippen LogP contribution in [0.2, 0.25) is 0 Å². The number of terminal acetylenes is 1. The fourth-order valence-electron chi connectivity index (χ4n) is 2.71. The Balaban J connectivity index is 2.40. The molecule has 1 nitrogen and oxygen atoms in total. The van der Waals surface area contributed by atoms with Crippen LogP contribution in [0, 0.1) is 17.8 Å². The second-order valence-electron chi connectivity index (χ2n) is 4.54. The summed E-state index contributed by atoms with van der Waals surface area (Å²) >= 11 is 0. The molecule has 1 atom stereocenters. The van der Waals surface area contributed by atoms with E-state index in [-0.39, 0.29) is 11.5 Å². The van der Waals surface area contributed by atoms with Crippen LogP contribution in [0.25, 0.3) is 0 Å². The molecule has 0 amide bonds. The van der Waals surface area contributed by atoms with Crippen LogP contribution in [0.1, 0.15) is 58.3 Å². The lowest BCUT2D eigenvalue weighted by atomic mass is 9.76. The number of aliphatic hydroxyl groups excluding tert-OH is 1. The van der Waals surface area contributed by atoms with E-state index < -0.39 is 0 Å². The zero-order valence-corrected chi connectivity index (χ0v) is 9.26. The van der Waals surface area contributed by atoms with Gasteiger partial charge in [0.1, 0.15) is 0 Å². The highest BCUT2D eigenvalue weighted by Crippen LogP contribution is 2.45. The number of unbranched alkanes of at least 4 members (excludes halogenated alkanes) is 1. The van der Waals surface area contributed by atoms with Crippen molar-refractivity contribution in [2.45, 2.75) is 64.4 Å². The fraction of sp³-hybridized carbons (Fsp3) is 0.846. The smallest absolute Gasteiger partial charge is 0.0596 e. The second kappa shape index (κ2) is 5.41. The third-order valence-electron chi connectivity index (χ3n) is 3.81. The minimum atomic E-state index is -0.122. The topological polar surface area (TPSA) is 20.2 Å². The van der Waals surface area contributed by atoms with E-state index in [2.05, 4.69) is 12.8 Å². The van der Waals surface area contributed by atoms with Gasteiger partial charge in [-0.1, -0.05) is 19.8 Å². The normalized spacial score (nSPS) is 21.8. The summed E-state index contributed by atoms with van der Waals surface area (Å²) in [5.41, 5.74) is 0.231. The molecule has 0 aromatic rings. The first kappa shape index (κ1) is 11.6. The molecule has 0 heterocycles. The van der Waals surface area contributed by atoms with Crippen LogP contribution in [-0.4, -0.2) is 11.2 Å². The first-order valence-corrected chi connectivity index (χ1v) is 5.87. The van der Waals surface area contributed by atoms with Gasteiger partial charge < -0.3 is 5.11 Å². The largest absolute Gasteiger partial charge is 0.393 e. The standard InChI is InChI=1S/C13H22O/c1-3-5-6-9-12(14)13(4-2)10-7-8-11-13/h1,12,14H,4-11H2,2H3. The van der Waals surface area contributed by atoms with Crippen LogP contribution >= 0.6 is 0 Å². The number of aliphatic hydroxyl groups is 1. The molecule has 0 aromatic heterocycles. The van der Waals surface area contributed by atoms with Crippen LogP contribution in [-0.2, 0) is 0 Å². The van der Waals surface area contributed by atoms with Crippen LogP contribution < -0.4 is 0 Å². The summed E-state index contributed by atoms with van der Waals surface area (Å²) in [7, 11) is 0. The van der Waals surface area contributed by atoms with Gasteiger partial charge in [-0.2, -0.15) is 0 Å². The van der Waals surface area contributed by atoms with Crippen LogP contribution in [0.3, 0.4) is 0 Å². The van der Waals surface area contributed by atoms with Crippen molar-refractivity contribution in [2.24, 2.45) is 5.41 Å². The quantitative estimate of drug-likeness (QED) is 0.526. The Kier molecular flexibility index (Phi) is 4.48. The maximum atomic E-state index is 10.2. The van der Waals surface area contributed by atoms with Crippen LogP contribution in [0.4, 0.5) is 0 Å². The zero-order valence-electron chi connectivity index (χ0n) is 9.26. The Bertz CT molecular complexity index is 196. The molecule has 0 bridgehead atoms. The van der Waals surface area contributed by atoms with E-state index in [0.717, 1.165) is 25.7 Å². The number of hydrogen-bond donors (Lipinski definition) is 1. The van der Waals surface area contributed by atoms with Gasteiger partial charge in [0.25, 0.3) is 0 Å². The predicted octanol–water partition coefficient (Wildman–Crippen LogP) is 3.12. The summed E-state index contributed by atoms with van der Waals surface area (Å²) in [6, 6.07) is 0. The summed E-state index contributed by atoms with van der Waals surface area (Å²) in [6.07, 6.45) is 13.9. The molecule has 0 aromatic carbocycles. The highest BCUT2D eigenvalue weighted by molar-refractivity contribution is 4.91. The van der Waals surface area contributed by atoms with E-state index in [9.17, 15) is 5.11 Å². The Labute approximate surface area is 87.9 Å². The van der Waals surface area contributed by atoms with Crippen molar-refractivity contribution in [3.8, 4) is 12.3 Å². The van der Waals surface area contributed by atoms with Gasteiger partial charge in [-0.3, -0.25) is 0 Å². The van der Waals surface area contributed by atoms with Gasteiger partial charge >= 0.3 is 0 Å². The summed E-state index contributed by atoms with van der Waals surface area (Å²) in [6.45, 7) is 2.20. The van der Waals surface area contributed by atoms with Crippen molar-refractivity contribution in [1.29, 1.82) is 0 Å². The second-order valence-corrected chi connectivity index (χ2v) is 4.54. The molecule has 0 radical (unpaired) electrons. The fourth-order valence-corrected chi connectivity index (χ4v) is 2.71. The zero-order chi connectivity index (χ0) is 10.4. The number of hydrogen-bond acceptors (Lipinski definition) is 1. The summed E-state index contributed by atoms with van der Waals surface area (Å²) in [5.74, 6) is 2.63. The van der Waals surface area contributed by atoms with E-state index in [0.29, 0.717) is 0 Å². The first-order chi connectivity index (χ1) is 6.75. The van der Waals surface area contributed by atoms with Crippen molar-refractivity contribution in [1.82, 2.24) is 0 Å². The third-order valence-corrected chi connectivity index (χ3v) is 3.81. The van der Waals surface area contributed by atoms with Crippen LogP contribution in [0.5, 0.6) is 0 Å². The lowest BCUT2D eigenvalue weighted by molar-refractivity contribution is 0.0179. The Morgan fingerprint density at radius 1 is 1.43 bits per heavy atom. The van der Waals surface area contributed by atoms with Crippen molar-refractivity contribution in [3.63, 3.8) is 0 Å². The highest BCUT2D eigenvalue weighted by atomic mass is 16.3. The molecule has 14 heavy (non-hydrogen) atoms. The van der Waals surface area contributed by atoms with Gasteiger partial charge in [-0.05, 0) is 37.5 Å². The van der Waals surface area contributed by atoms with Gasteiger partial charge in [0.05, 0.1) is 6.10 Å². The highest BCUT2D eigenvalue weighted by Gasteiger charge is 2.38. The lowest BCUT2D eigenvalue weighted by Gasteiger charge is -2.33. The van der Waals surface area contributed by atoms with Gasteiger partial charge in [0, 0.05) is 6.42 Å². The monoisotopic (exact) mass is 194 g/mol. The lowest BCUT2D eigenvalue weighted by Crippen LogP contribution is -2.31. The van der Waals surface area contributed by atoms with Gasteiger partial charge in [-0.25, -0.2) is 0 Å². The molecular weight excluding hydrogens is 172 g/mol. The van der Waals surface area contributed by atoms with E-state index in [1.165, 1.54) is 25.7 Å². The molecule has 1 unspecified atom stereocenters. The van der Waals surface area contributed by atoms with Crippen molar-refractivity contribution in [2.75, 3.05) is 0 Å². The maximum absolute atomic E-state index is 10.2. The number of rotatable bonds is 5. The third kappa shape index (κ3) is 2.51. The van der Waals surface area contributed by atoms with E-state index in [1.54, 1.807) is 0 Å².